The molecule has 0 aliphatic carbocycles. The first kappa shape index (κ1) is 32.3. The fourth-order valence-electron chi connectivity index (χ4n) is 8.47. The van der Waals surface area contributed by atoms with Gasteiger partial charge in [0.25, 0.3) is 0 Å². The van der Waals surface area contributed by atoms with Crippen LogP contribution in [0.2, 0.25) is 0 Å². The van der Waals surface area contributed by atoms with Crippen molar-refractivity contribution in [1.82, 2.24) is 19.5 Å². The van der Waals surface area contributed by atoms with E-state index >= 15 is 0 Å². The average molecular weight is 763 g/mol. The van der Waals surface area contributed by atoms with Crippen molar-refractivity contribution >= 4 is 84.8 Å². The van der Waals surface area contributed by atoms with Crippen LogP contribution in [0.5, 0.6) is 0 Å². The highest BCUT2D eigenvalue weighted by Gasteiger charge is 2.19. The van der Waals surface area contributed by atoms with E-state index in [0.29, 0.717) is 17.5 Å². The van der Waals surface area contributed by atoms with Gasteiger partial charge >= 0.3 is 0 Å². The van der Waals surface area contributed by atoms with Crippen LogP contribution in [0.3, 0.4) is 0 Å². The molecule has 8 aromatic carbocycles. The molecule has 4 nitrogen and oxygen atoms in total. The molecule has 0 spiro atoms. The molecule has 0 bridgehead atoms. The van der Waals surface area contributed by atoms with Gasteiger partial charge in [0.2, 0.25) is 0 Å². The molecule has 6 heteroatoms. The molecule has 0 saturated carbocycles. The topological polar surface area (TPSA) is 43.6 Å². The maximum atomic E-state index is 5.08. The van der Waals surface area contributed by atoms with Crippen LogP contribution in [0.1, 0.15) is 0 Å². The van der Waals surface area contributed by atoms with E-state index in [0.717, 1.165) is 16.7 Å². The maximum Gasteiger partial charge on any atom is 0.165 e. The van der Waals surface area contributed by atoms with Gasteiger partial charge in [-0.15, -0.1) is 22.7 Å². The van der Waals surface area contributed by atoms with Crippen molar-refractivity contribution in [2.45, 2.75) is 0 Å². The highest BCUT2D eigenvalue weighted by Crippen LogP contribution is 2.45. The molecule has 0 unspecified atom stereocenters. The Morgan fingerprint density at radius 3 is 1.68 bits per heavy atom. The Labute approximate surface area is 335 Å². The number of fused-ring (bicyclic) bond motifs is 9. The molecule has 0 radical (unpaired) electrons. The van der Waals surface area contributed by atoms with Gasteiger partial charge in [-0.25, -0.2) is 15.0 Å². The van der Waals surface area contributed by atoms with Gasteiger partial charge in [0.1, 0.15) is 0 Å². The Morgan fingerprint density at radius 2 is 0.965 bits per heavy atom. The summed E-state index contributed by atoms with van der Waals surface area (Å²) in [7, 11) is 0. The van der Waals surface area contributed by atoms with Crippen LogP contribution in [-0.2, 0) is 0 Å². The van der Waals surface area contributed by atoms with Gasteiger partial charge in [-0.05, 0) is 59.7 Å². The minimum Gasteiger partial charge on any atom is -0.309 e. The molecule has 0 atom stereocenters. The first-order valence-corrected chi connectivity index (χ1v) is 20.7. The molecule has 4 aromatic heterocycles. The molecule has 0 fully saturated rings. The Hall–Kier alpha value is -6.99. The molecule has 0 saturated heterocycles. The van der Waals surface area contributed by atoms with Gasteiger partial charge in [0.05, 0.1) is 11.0 Å². The van der Waals surface area contributed by atoms with Gasteiger partial charge in [-0.3, -0.25) is 0 Å². The molecule has 0 aliphatic heterocycles. The standard InChI is InChI=1S/C51H30N4S2/c1-3-13-31(14-4-1)49-52-50(32-15-5-2-6-16-32)54-51(53-49)40-21-11-20-38-41-29-33(25-28-44(41)57-48(38)40)35-19-12-24-45-47(35)39-27-26-34(30-46(39)56-45)55-42-22-9-7-17-36(42)37-18-8-10-23-43(37)55/h1-30H. The van der Waals surface area contributed by atoms with Crippen LogP contribution in [-0.4, -0.2) is 19.5 Å². The number of aromatic nitrogens is 4. The lowest BCUT2D eigenvalue weighted by molar-refractivity contribution is 1.08. The van der Waals surface area contributed by atoms with Crippen LogP contribution in [0.15, 0.2) is 182 Å². The van der Waals surface area contributed by atoms with Gasteiger partial charge in [-0.2, -0.15) is 0 Å². The molecule has 4 heterocycles. The number of benzene rings is 8. The third-order valence-corrected chi connectivity index (χ3v) is 13.4. The minimum atomic E-state index is 0.665. The summed E-state index contributed by atoms with van der Waals surface area (Å²) in [5, 5.41) is 7.58. The number of nitrogens with zero attached hydrogens (tertiary/aromatic N) is 4. The normalized spacial score (nSPS) is 11.9. The monoisotopic (exact) mass is 762 g/mol. The first-order chi connectivity index (χ1) is 28.2. The SMILES string of the molecule is c1ccc(-c2nc(-c3ccccc3)nc(-c3cccc4c3sc3ccc(-c5cccc6sc7cc(-n8c9ccccc9c9ccccc98)ccc7c56)cc34)n2)cc1. The average Bonchev–Trinajstić information content (AvgIpc) is 3.96. The second-order valence-corrected chi connectivity index (χ2v) is 16.5. The number of rotatable bonds is 5. The van der Waals surface area contributed by atoms with Crippen LogP contribution in [0.4, 0.5) is 0 Å². The van der Waals surface area contributed by atoms with Crippen molar-refractivity contribution in [3.05, 3.63) is 182 Å². The first-order valence-electron chi connectivity index (χ1n) is 19.0. The summed E-state index contributed by atoms with van der Waals surface area (Å²) in [5.41, 5.74) is 9.03. The van der Waals surface area contributed by atoms with Crippen LogP contribution in [0.25, 0.3) is 113 Å². The molecule has 0 aliphatic rings. The summed E-state index contributed by atoms with van der Waals surface area (Å²) in [6.07, 6.45) is 0. The Bertz CT molecular complexity index is 3410. The van der Waals surface area contributed by atoms with E-state index in [9.17, 15) is 0 Å². The lowest BCUT2D eigenvalue weighted by Crippen LogP contribution is -2.00. The number of hydrogen-bond donors (Lipinski definition) is 0. The zero-order valence-electron chi connectivity index (χ0n) is 30.4. The highest BCUT2D eigenvalue weighted by atomic mass is 32.1. The molecule has 0 N–H and O–H groups in total. The third kappa shape index (κ3) is 5.15. The Kier molecular flexibility index (Phi) is 7.24. The van der Waals surface area contributed by atoms with Crippen molar-refractivity contribution in [2.24, 2.45) is 0 Å². The van der Waals surface area contributed by atoms with Crippen molar-refractivity contribution in [1.29, 1.82) is 0 Å². The third-order valence-electron chi connectivity index (χ3n) is 11.1. The highest BCUT2D eigenvalue weighted by molar-refractivity contribution is 7.26. The largest absolute Gasteiger partial charge is 0.309 e. The van der Waals surface area contributed by atoms with Crippen LogP contribution >= 0.6 is 22.7 Å². The van der Waals surface area contributed by atoms with E-state index in [2.05, 4.69) is 150 Å². The lowest BCUT2D eigenvalue weighted by Gasteiger charge is -2.09. The number of para-hydroxylation sites is 2. The molecule has 266 valence electrons. The Morgan fingerprint density at radius 1 is 0.351 bits per heavy atom. The maximum absolute atomic E-state index is 5.08. The van der Waals surface area contributed by atoms with E-state index in [1.807, 2.05) is 47.7 Å². The quantitative estimate of drug-likeness (QED) is 0.175. The van der Waals surface area contributed by atoms with Crippen molar-refractivity contribution < 1.29 is 0 Å². The predicted octanol–water partition coefficient (Wildman–Crippen LogP) is 14.4. The number of hydrogen-bond acceptors (Lipinski definition) is 5. The van der Waals surface area contributed by atoms with Crippen molar-refractivity contribution in [3.8, 4) is 51.0 Å². The van der Waals surface area contributed by atoms with E-state index in [1.54, 1.807) is 11.3 Å². The van der Waals surface area contributed by atoms with Crippen molar-refractivity contribution in [3.63, 3.8) is 0 Å². The predicted molar refractivity (Wildman–Crippen MR) is 242 cm³/mol. The fourth-order valence-corrected chi connectivity index (χ4v) is 10.8. The van der Waals surface area contributed by atoms with Crippen LogP contribution < -0.4 is 0 Å². The summed E-state index contributed by atoms with van der Waals surface area (Å²) in [6.45, 7) is 0. The fraction of sp³-hybridized carbons (Fsp3) is 0. The zero-order chi connectivity index (χ0) is 37.5. The summed E-state index contributed by atoms with van der Waals surface area (Å²) in [6, 6.07) is 64.9. The summed E-state index contributed by atoms with van der Waals surface area (Å²) >= 11 is 3.67. The van der Waals surface area contributed by atoms with Crippen molar-refractivity contribution in [2.75, 3.05) is 0 Å². The molecule has 12 rings (SSSR count). The lowest BCUT2D eigenvalue weighted by atomic mass is 9.97. The van der Waals surface area contributed by atoms with Crippen LogP contribution in [0, 0.1) is 0 Å². The van der Waals surface area contributed by atoms with Gasteiger partial charge in [-0.1, -0.05) is 133 Å². The molecular formula is C51H30N4S2. The van der Waals surface area contributed by atoms with Gasteiger partial charge in [0.15, 0.2) is 17.5 Å². The molecule has 0 amide bonds. The molecular weight excluding hydrogens is 733 g/mol. The smallest absolute Gasteiger partial charge is 0.165 e. The summed E-state index contributed by atoms with van der Waals surface area (Å²) < 4.78 is 7.38. The second-order valence-electron chi connectivity index (χ2n) is 14.4. The Balaban J connectivity index is 0.998. The minimum absolute atomic E-state index is 0.665. The molecule has 12 aromatic rings. The van der Waals surface area contributed by atoms with E-state index < -0.39 is 0 Å². The summed E-state index contributed by atoms with van der Waals surface area (Å²) in [5.74, 6) is 2.01. The zero-order valence-corrected chi connectivity index (χ0v) is 32.1. The second kappa shape index (κ2) is 12.8. The van der Waals surface area contributed by atoms with Gasteiger partial charge in [0, 0.05) is 73.5 Å². The summed E-state index contributed by atoms with van der Waals surface area (Å²) in [4.78, 5) is 15.1. The van der Waals surface area contributed by atoms with Gasteiger partial charge < -0.3 is 4.57 Å². The van der Waals surface area contributed by atoms with E-state index in [-0.39, 0.29) is 0 Å². The molecule has 57 heavy (non-hydrogen) atoms. The van der Waals surface area contributed by atoms with E-state index in [4.69, 9.17) is 15.0 Å². The van der Waals surface area contributed by atoms with E-state index in [1.165, 1.54) is 79.0 Å². The number of thiophene rings is 2.